The summed E-state index contributed by atoms with van der Waals surface area (Å²) in [7, 11) is 0. The van der Waals surface area contributed by atoms with Gasteiger partial charge in [0.15, 0.2) is 0 Å². The Labute approximate surface area is 112 Å². The predicted molar refractivity (Wildman–Crippen MR) is 68.4 cm³/mol. The van der Waals surface area contributed by atoms with E-state index in [0.717, 1.165) is 19.4 Å². The van der Waals surface area contributed by atoms with E-state index in [9.17, 15) is 0 Å². The van der Waals surface area contributed by atoms with Gasteiger partial charge in [0.2, 0.25) is 0 Å². The fraction of sp³-hybridized carbons (Fsp3) is 0.364. The van der Waals surface area contributed by atoms with Gasteiger partial charge in [-0.2, -0.15) is 0 Å². The van der Waals surface area contributed by atoms with E-state index in [1.807, 2.05) is 0 Å². The quantitative estimate of drug-likeness (QED) is 0.444. The van der Waals surface area contributed by atoms with Crippen molar-refractivity contribution in [3.63, 3.8) is 0 Å². The number of thiocarbonyl (C=S) groups is 1. The van der Waals surface area contributed by atoms with Crippen molar-refractivity contribution in [2.75, 3.05) is 11.4 Å². The molecule has 1 aliphatic rings. The third kappa shape index (κ3) is 2.76. The maximum absolute atomic E-state index is 5.11. The predicted octanol–water partition coefficient (Wildman–Crippen LogP) is 2.96. The van der Waals surface area contributed by atoms with Crippen LogP contribution < -0.4 is 4.90 Å². The van der Waals surface area contributed by atoms with E-state index in [0.29, 0.717) is 4.32 Å². The Kier molecular flexibility index (Phi) is 4.65. The maximum Gasteiger partial charge on any atom is 2.00 e. The molecular formula is C11H13CuNS2+2. The molecule has 4 heteroatoms. The second-order valence-electron chi connectivity index (χ2n) is 3.67. The minimum atomic E-state index is 0. The normalized spacial score (nSPS) is 14.1. The molecule has 2 rings (SSSR count). The summed E-state index contributed by atoms with van der Waals surface area (Å²) in [6.45, 7) is 3.12. The molecular weight excluding hydrogens is 274 g/mol. The number of benzene rings is 1. The molecule has 0 saturated carbocycles. The summed E-state index contributed by atoms with van der Waals surface area (Å²) in [5.41, 5.74) is 3.95. The first kappa shape index (κ1) is 13.0. The molecule has 1 aromatic carbocycles. The number of hydrogen-bond acceptors (Lipinski definition) is 1. The van der Waals surface area contributed by atoms with E-state index >= 15 is 0 Å². The van der Waals surface area contributed by atoms with Gasteiger partial charge in [-0.3, -0.25) is 0 Å². The van der Waals surface area contributed by atoms with Gasteiger partial charge in [0.1, 0.15) is 4.32 Å². The fourth-order valence-corrected chi connectivity index (χ4v) is 2.32. The molecule has 83 valence electrons. The van der Waals surface area contributed by atoms with Crippen LogP contribution in [0.25, 0.3) is 0 Å². The second kappa shape index (κ2) is 5.35. The summed E-state index contributed by atoms with van der Waals surface area (Å²) in [5, 5.41) is 0. The zero-order valence-electron chi connectivity index (χ0n) is 8.46. The fourth-order valence-electron chi connectivity index (χ4n) is 1.92. The van der Waals surface area contributed by atoms with Crippen LogP contribution in [0.3, 0.4) is 0 Å². The van der Waals surface area contributed by atoms with E-state index in [2.05, 4.69) is 42.7 Å². The Morgan fingerprint density at radius 1 is 1.47 bits per heavy atom. The van der Waals surface area contributed by atoms with Crippen LogP contribution in [0.15, 0.2) is 18.2 Å². The van der Waals surface area contributed by atoms with Crippen LogP contribution >= 0.6 is 24.8 Å². The summed E-state index contributed by atoms with van der Waals surface area (Å²) in [6, 6.07) is 6.52. The summed E-state index contributed by atoms with van der Waals surface area (Å²) in [6.07, 6.45) is 2.32. The average molecular weight is 287 g/mol. The molecule has 1 nitrogen and oxygen atoms in total. The molecule has 1 heterocycles. The third-order valence-electron chi connectivity index (χ3n) is 2.58. The van der Waals surface area contributed by atoms with Crippen LogP contribution in [-0.4, -0.2) is 10.9 Å². The van der Waals surface area contributed by atoms with Crippen LogP contribution in [0.2, 0.25) is 0 Å². The molecule has 0 saturated heterocycles. The Hall–Kier alpha value is -0.0205. The van der Waals surface area contributed by atoms with E-state index in [1.54, 1.807) is 0 Å². The van der Waals surface area contributed by atoms with E-state index < -0.39 is 0 Å². The molecule has 0 bridgehead atoms. The zero-order chi connectivity index (χ0) is 10.1. The molecule has 0 N–H and O–H groups in total. The van der Waals surface area contributed by atoms with Gasteiger partial charge in [0.05, 0.1) is 0 Å². The second-order valence-corrected chi connectivity index (χ2v) is 4.78. The smallest absolute Gasteiger partial charge is 0.327 e. The minimum Gasteiger partial charge on any atom is -0.327 e. The van der Waals surface area contributed by atoms with Gasteiger partial charge in [0, 0.05) is 12.2 Å². The van der Waals surface area contributed by atoms with Gasteiger partial charge in [-0.15, -0.1) is 12.6 Å². The number of aryl methyl sites for hydroxylation is 2. The molecule has 1 aromatic rings. The maximum atomic E-state index is 5.11. The van der Waals surface area contributed by atoms with Crippen molar-refractivity contribution in [1.29, 1.82) is 0 Å². The van der Waals surface area contributed by atoms with Gasteiger partial charge in [-0.1, -0.05) is 29.9 Å². The van der Waals surface area contributed by atoms with Crippen molar-refractivity contribution in [3.8, 4) is 0 Å². The van der Waals surface area contributed by atoms with Gasteiger partial charge >= 0.3 is 17.1 Å². The molecule has 15 heavy (non-hydrogen) atoms. The minimum absolute atomic E-state index is 0. The van der Waals surface area contributed by atoms with Crippen molar-refractivity contribution in [2.45, 2.75) is 19.8 Å². The summed E-state index contributed by atoms with van der Waals surface area (Å²) in [4.78, 5) is 2.11. The third-order valence-corrected chi connectivity index (χ3v) is 3.05. The number of fused-ring (bicyclic) bond motifs is 1. The van der Waals surface area contributed by atoms with Crippen molar-refractivity contribution in [2.24, 2.45) is 0 Å². The van der Waals surface area contributed by atoms with Crippen molar-refractivity contribution in [3.05, 3.63) is 29.3 Å². The van der Waals surface area contributed by atoms with Gasteiger partial charge < -0.3 is 4.90 Å². The SMILES string of the molecule is Cc1ccc2c(c1)CCCN2C(=S)S.[Cu+2]. The van der Waals surface area contributed by atoms with E-state index in [1.165, 1.54) is 16.8 Å². The first-order valence-corrected chi connectivity index (χ1v) is 5.64. The number of thiol groups is 1. The first-order valence-electron chi connectivity index (χ1n) is 4.78. The van der Waals surface area contributed by atoms with Crippen LogP contribution in [0.5, 0.6) is 0 Å². The molecule has 0 aromatic heterocycles. The Balaban J connectivity index is 0.00000112. The molecule has 1 aliphatic heterocycles. The molecule has 0 atom stereocenters. The molecule has 0 spiro atoms. The molecule has 0 aliphatic carbocycles. The summed E-state index contributed by atoms with van der Waals surface area (Å²) in [5.74, 6) is 0. The monoisotopic (exact) mass is 286 g/mol. The van der Waals surface area contributed by atoms with E-state index in [-0.39, 0.29) is 17.1 Å². The van der Waals surface area contributed by atoms with Crippen LogP contribution in [0, 0.1) is 6.92 Å². The number of anilines is 1. The van der Waals surface area contributed by atoms with Gasteiger partial charge in [0.25, 0.3) is 0 Å². The zero-order valence-corrected chi connectivity index (χ0v) is 11.1. The van der Waals surface area contributed by atoms with Crippen molar-refractivity contribution in [1.82, 2.24) is 0 Å². The summed E-state index contributed by atoms with van der Waals surface area (Å²) < 4.78 is 0.676. The summed E-state index contributed by atoms with van der Waals surface area (Å²) >= 11 is 9.36. The average Bonchev–Trinajstić information content (AvgIpc) is 2.16. The largest absolute Gasteiger partial charge is 2.00 e. The molecule has 0 amide bonds. The first-order chi connectivity index (χ1) is 6.68. The molecule has 0 fully saturated rings. The standard InChI is InChI=1S/C11H13NS2.Cu/c1-8-4-5-10-9(7-8)3-2-6-12(10)11(13)14;/h4-5,7H,2-3,6H2,1H3,(H,13,14);/q;+2. The molecule has 1 radical (unpaired) electrons. The number of nitrogens with zero attached hydrogens (tertiary/aromatic N) is 1. The van der Waals surface area contributed by atoms with Gasteiger partial charge in [-0.05, 0) is 31.4 Å². The molecule has 0 unspecified atom stereocenters. The Morgan fingerprint density at radius 3 is 2.87 bits per heavy atom. The van der Waals surface area contributed by atoms with Crippen molar-refractivity contribution >= 4 is 34.9 Å². The van der Waals surface area contributed by atoms with Crippen LogP contribution in [0.1, 0.15) is 17.5 Å². The topological polar surface area (TPSA) is 3.24 Å². The van der Waals surface area contributed by atoms with Crippen LogP contribution in [-0.2, 0) is 23.5 Å². The number of hydrogen-bond donors (Lipinski definition) is 1. The van der Waals surface area contributed by atoms with E-state index in [4.69, 9.17) is 12.2 Å². The number of rotatable bonds is 0. The van der Waals surface area contributed by atoms with Crippen LogP contribution in [0.4, 0.5) is 5.69 Å². The Bertz CT molecular complexity index is 379. The van der Waals surface area contributed by atoms with Gasteiger partial charge in [-0.25, -0.2) is 0 Å². The Morgan fingerprint density at radius 2 is 2.20 bits per heavy atom. The van der Waals surface area contributed by atoms with Crippen molar-refractivity contribution < 1.29 is 17.1 Å².